The lowest BCUT2D eigenvalue weighted by atomic mass is 10.1. The van der Waals surface area contributed by atoms with E-state index in [1.54, 1.807) is 42.5 Å². The number of hydrogen-bond donors (Lipinski definition) is 1. The Morgan fingerprint density at radius 1 is 1.21 bits per heavy atom. The van der Waals surface area contributed by atoms with Crippen LogP contribution in [0.3, 0.4) is 0 Å². The second kappa shape index (κ2) is 8.17. The third kappa shape index (κ3) is 4.60. The number of benzene rings is 2. The summed E-state index contributed by atoms with van der Waals surface area (Å²) in [5.41, 5.74) is 1.21. The number of ether oxygens (including phenoxy) is 2. The minimum atomic E-state index is -1.12. The Balaban J connectivity index is 2.22. The largest absolute Gasteiger partial charge is 0.493 e. The Hall–Kier alpha value is -2.79. The number of hydrogen-bond acceptors (Lipinski definition) is 4. The molecule has 1 N–H and O–H groups in total. The zero-order chi connectivity index (χ0) is 17.5. The second-order valence-corrected chi connectivity index (χ2v) is 5.19. The first-order valence-electron chi connectivity index (χ1n) is 7.01. The standard InChI is InChI=1S/C18H15ClO5/c1-23-16-10-12(9-14(19)18(16)24-11-17(21)22)7-8-15(20)13-5-3-2-4-6-13/h2-10H,11H2,1H3,(H,21,22)/b8-7+. The summed E-state index contributed by atoms with van der Waals surface area (Å²) in [4.78, 5) is 22.7. The van der Waals surface area contributed by atoms with Gasteiger partial charge in [-0.1, -0.05) is 48.0 Å². The molecule has 0 bridgehead atoms. The fourth-order valence-electron chi connectivity index (χ4n) is 1.98. The van der Waals surface area contributed by atoms with Crippen molar-refractivity contribution in [1.82, 2.24) is 0 Å². The molecular formula is C18H15ClO5. The molecule has 2 aromatic rings. The van der Waals surface area contributed by atoms with Crippen LogP contribution in [-0.2, 0) is 4.79 Å². The highest BCUT2D eigenvalue weighted by Crippen LogP contribution is 2.36. The van der Waals surface area contributed by atoms with Gasteiger partial charge in [-0.15, -0.1) is 0 Å². The fraction of sp³-hybridized carbons (Fsp3) is 0.111. The highest BCUT2D eigenvalue weighted by molar-refractivity contribution is 6.32. The van der Waals surface area contributed by atoms with Crippen LogP contribution < -0.4 is 9.47 Å². The van der Waals surface area contributed by atoms with Gasteiger partial charge in [0.05, 0.1) is 12.1 Å². The van der Waals surface area contributed by atoms with Gasteiger partial charge in [0.1, 0.15) is 0 Å². The number of carbonyl (C=O) groups excluding carboxylic acids is 1. The molecule has 0 radical (unpaired) electrons. The van der Waals surface area contributed by atoms with Crippen LogP contribution in [0.5, 0.6) is 11.5 Å². The number of allylic oxidation sites excluding steroid dienone is 1. The van der Waals surface area contributed by atoms with Crippen LogP contribution in [0.25, 0.3) is 6.08 Å². The van der Waals surface area contributed by atoms with Gasteiger partial charge in [0.15, 0.2) is 23.9 Å². The Morgan fingerprint density at radius 2 is 1.92 bits per heavy atom. The molecule has 0 saturated heterocycles. The number of aliphatic carboxylic acids is 1. The Bertz CT molecular complexity index is 768. The van der Waals surface area contributed by atoms with Crippen molar-refractivity contribution in [3.05, 3.63) is 64.7 Å². The predicted molar refractivity (Wildman–Crippen MR) is 90.9 cm³/mol. The van der Waals surface area contributed by atoms with E-state index >= 15 is 0 Å². The summed E-state index contributed by atoms with van der Waals surface area (Å²) in [7, 11) is 1.42. The molecule has 0 atom stereocenters. The third-order valence-corrected chi connectivity index (χ3v) is 3.36. The van der Waals surface area contributed by atoms with Crippen LogP contribution in [0.15, 0.2) is 48.5 Å². The Kier molecular flexibility index (Phi) is 5.98. The molecule has 6 heteroatoms. The summed E-state index contributed by atoms with van der Waals surface area (Å²) in [6, 6.07) is 12.0. The number of methoxy groups -OCH3 is 1. The summed E-state index contributed by atoms with van der Waals surface area (Å²) >= 11 is 6.11. The normalized spacial score (nSPS) is 10.6. The second-order valence-electron chi connectivity index (χ2n) is 4.78. The predicted octanol–water partition coefficient (Wildman–Crippen LogP) is 3.71. The molecule has 0 fully saturated rings. The van der Waals surface area contributed by atoms with Crippen molar-refractivity contribution in [2.75, 3.05) is 13.7 Å². The quantitative estimate of drug-likeness (QED) is 0.611. The maximum atomic E-state index is 12.1. The van der Waals surface area contributed by atoms with Gasteiger partial charge in [-0.25, -0.2) is 4.79 Å². The molecule has 0 saturated carbocycles. The molecular weight excluding hydrogens is 332 g/mol. The van der Waals surface area contributed by atoms with Gasteiger partial charge in [-0.2, -0.15) is 0 Å². The summed E-state index contributed by atoms with van der Waals surface area (Å²) in [5, 5.41) is 8.88. The minimum Gasteiger partial charge on any atom is -0.493 e. The van der Waals surface area contributed by atoms with Crippen molar-refractivity contribution in [3.63, 3.8) is 0 Å². The van der Waals surface area contributed by atoms with E-state index in [9.17, 15) is 9.59 Å². The smallest absolute Gasteiger partial charge is 0.341 e. The average Bonchev–Trinajstić information content (AvgIpc) is 2.58. The van der Waals surface area contributed by atoms with E-state index in [2.05, 4.69) is 0 Å². The van der Waals surface area contributed by atoms with Gasteiger partial charge in [0.2, 0.25) is 0 Å². The first-order valence-corrected chi connectivity index (χ1v) is 7.38. The number of halogens is 1. The lowest BCUT2D eigenvalue weighted by Gasteiger charge is -2.11. The van der Waals surface area contributed by atoms with Crippen LogP contribution in [-0.4, -0.2) is 30.6 Å². The molecule has 0 aliphatic heterocycles. The number of carboxylic acids is 1. The van der Waals surface area contributed by atoms with Gasteiger partial charge in [0, 0.05) is 5.56 Å². The monoisotopic (exact) mass is 346 g/mol. The number of carboxylic acid groups (broad SMARTS) is 1. The summed E-state index contributed by atoms with van der Waals surface area (Å²) in [6.07, 6.45) is 3.03. The van der Waals surface area contributed by atoms with Gasteiger partial charge < -0.3 is 14.6 Å². The topological polar surface area (TPSA) is 72.8 Å². The van der Waals surface area contributed by atoms with Crippen LogP contribution in [0.4, 0.5) is 0 Å². The van der Waals surface area contributed by atoms with Crippen LogP contribution in [0.2, 0.25) is 5.02 Å². The van der Waals surface area contributed by atoms with Gasteiger partial charge in [-0.3, -0.25) is 4.79 Å². The lowest BCUT2D eigenvalue weighted by molar-refractivity contribution is -0.139. The Labute approximate surface area is 144 Å². The van der Waals surface area contributed by atoms with E-state index in [4.69, 9.17) is 26.2 Å². The Morgan fingerprint density at radius 3 is 2.54 bits per heavy atom. The lowest BCUT2D eigenvalue weighted by Crippen LogP contribution is -2.10. The van der Waals surface area contributed by atoms with Crippen molar-refractivity contribution in [1.29, 1.82) is 0 Å². The van der Waals surface area contributed by atoms with Crippen LogP contribution in [0, 0.1) is 0 Å². The highest BCUT2D eigenvalue weighted by atomic mass is 35.5. The first-order chi connectivity index (χ1) is 11.5. The molecule has 0 spiro atoms. The van der Waals surface area contributed by atoms with E-state index in [0.717, 1.165) is 0 Å². The van der Waals surface area contributed by atoms with Crippen molar-refractivity contribution in [3.8, 4) is 11.5 Å². The summed E-state index contributed by atoms with van der Waals surface area (Å²) in [6.45, 7) is -0.530. The number of carbonyl (C=O) groups is 2. The maximum absolute atomic E-state index is 12.1. The van der Waals surface area contributed by atoms with Crippen molar-refractivity contribution in [2.45, 2.75) is 0 Å². The van der Waals surface area contributed by atoms with Crippen molar-refractivity contribution in [2.24, 2.45) is 0 Å². The molecule has 0 amide bonds. The molecule has 0 aliphatic rings. The van der Waals surface area contributed by atoms with Crippen LogP contribution >= 0.6 is 11.6 Å². The van der Waals surface area contributed by atoms with E-state index in [-0.39, 0.29) is 22.3 Å². The van der Waals surface area contributed by atoms with Gasteiger partial charge >= 0.3 is 5.97 Å². The molecule has 24 heavy (non-hydrogen) atoms. The van der Waals surface area contributed by atoms with Crippen molar-refractivity contribution < 1.29 is 24.2 Å². The zero-order valence-corrected chi connectivity index (χ0v) is 13.6. The molecule has 0 heterocycles. The number of ketones is 1. The fourth-order valence-corrected chi connectivity index (χ4v) is 2.25. The average molecular weight is 347 g/mol. The van der Waals surface area contributed by atoms with E-state index < -0.39 is 12.6 Å². The summed E-state index contributed by atoms with van der Waals surface area (Å²) < 4.78 is 10.3. The first kappa shape index (κ1) is 17.6. The molecule has 2 rings (SSSR count). The number of rotatable bonds is 7. The van der Waals surface area contributed by atoms with Gasteiger partial charge in [-0.05, 0) is 23.8 Å². The molecule has 0 unspecified atom stereocenters. The maximum Gasteiger partial charge on any atom is 0.341 e. The third-order valence-electron chi connectivity index (χ3n) is 3.08. The van der Waals surface area contributed by atoms with Gasteiger partial charge in [0.25, 0.3) is 0 Å². The summed E-state index contributed by atoms with van der Waals surface area (Å²) in [5.74, 6) is -0.828. The minimum absolute atomic E-state index is 0.142. The zero-order valence-electron chi connectivity index (χ0n) is 12.9. The van der Waals surface area contributed by atoms with E-state index in [0.29, 0.717) is 11.1 Å². The molecule has 5 nitrogen and oxygen atoms in total. The molecule has 124 valence electrons. The SMILES string of the molecule is COc1cc(/C=C/C(=O)c2ccccc2)cc(Cl)c1OCC(=O)O. The van der Waals surface area contributed by atoms with Crippen molar-refractivity contribution >= 4 is 29.4 Å². The highest BCUT2D eigenvalue weighted by Gasteiger charge is 2.13. The molecule has 2 aromatic carbocycles. The molecule has 0 aromatic heterocycles. The van der Waals surface area contributed by atoms with E-state index in [1.807, 2.05) is 6.07 Å². The van der Waals surface area contributed by atoms with E-state index in [1.165, 1.54) is 13.2 Å². The molecule has 0 aliphatic carbocycles. The van der Waals surface area contributed by atoms with Crippen LogP contribution in [0.1, 0.15) is 15.9 Å².